The van der Waals surface area contributed by atoms with Crippen molar-refractivity contribution < 1.29 is 14.4 Å². The summed E-state index contributed by atoms with van der Waals surface area (Å²) < 4.78 is 0. The molecule has 3 amide bonds. The second-order valence-corrected chi connectivity index (χ2v) is 3.33. The molecule has 0 fully saturated rings. The first kappa shape index (κ1) is 13.4. The smallest absolute Gasteiger partial charge is 0.309 e. The quantitative estimate of drug-likeness (QED) is 0.506. The Kier molecular flexibility index (Phi) is 5.11. The van der Waals surface area contributed by atoms with Crippen LogP contribution in [0.2, 0.25) is 0 Å². The van der Waals surface area contributed by atoms with Crippen LogP contribution in [0.15, 0.2) is 42.5 Å². The van der Waals surface area contributed by atoms with Crippen molar-refractivity contribution in [3.05, 3.63) is 42.5 Å². The molecule has 0 aliphatic carbocycles. The number of nitrogens with two attached hydrogens (primary N) is 1. The highest BCUT2D eigenvalue weighted by atomic mass is 16.2. The number of amides is 3. The maximum Gasteiger partial charge on any atom is 0.309 e. The lowest BCUT2D eigenvalue weighted by atomic mass is 10.3. The topological polar surface area (TPSA) is 101 Å². The third-order valence-corrected chi connectivity index (χ3v) is 1.91. The minimum atomic E-state index is -1.06. The van der Waals surface area contributed by atoms with E-state index < -0.39 is 11.8 Å². The molecule has 0 spiro atoms. The molecule has 0 unspecified atom stereocenters. The van der Waals surface area contributed by atoms with Crippen molar-refractivity contribution in [2.24, 2.45) is 5.73 Å². The van der Waals surface area contributed by atoms with E-state index in [1.54, 1.807) is 24.3 Å². The van der Waals surface area contributed by atoms with Crippen molar-refractivity contribution in [1.82, 2.24) is 5.32 Å². The maximum absolute atomic E-state index is 11.4. The van der Waals surface area contributed by atoms with E-state index in [0.29, 0.717) is 5.69 Å². The number of carbonyl (C=O) groups excluding carboxylic acids is 3. The average Bonchev–Trinajstić information content (AvgIpc) is 2.35. The predicted molar refractivity (Wildman–Crippen MR) is 66.4 cm³/mol. The van der Waals surface area contributed by atoms with Crippen LogP contribution in [0.25, 0.3) is 0 Å². The van der Waals surface area contributed by atoms with E-state index in [1.807, 2.05) is 6.07 Å². The molecular formula is C12H13N3O3. The summed E-state index contributed by atoms with van der Waals surface area (Å²) in [5.74, 6) is -2.27. The van der Waals surface area contributed by atoms with Crippen LogP contribution in [0, 0.1) is 0 Å². The summed E-state index contributed by atoms with van der Waals surface area (Å²) in [6.45, 7) is 0.0595. The molecule has 0 radical (unpaired) electrons. The van der Waals surface area contributed by atoms with E-state index in [9.17, 15) is 14.4 Å². The SMILES string of the molecule is NC(=O)C(=O)NC/C=C/C(=O)Nc1ccccc1. The van der Waals surface area contributed by atoms with Crippen molar-refractivity contribution >= 4 is 23.4 Å². The Labute approximate surface area is 104 Å². The van der Waals surface area contributed by atoms with Gasteiger partial charge >= 0.3 is 11.8 Å². The van der Waals surface area contributed by atoms with Gasteiger partial charge in [-0.1, -0.05) is 24.3 Å². The first-order valence-electron chi connectivity index (χ1n) is 5.20. The average molecular weight is 247 g/mol. The number of hydrogen-bond donors (Lipinski definition) is 3. The zero-order valence-corrected chi connectivity index (χ0v) is 9.55. The lowest BCUT2D eigenvalue weighted by Crippen LogP contribution is -2.36. The lowest BCUT2D eigenvalue weighted by molar-refractivity contribution is -0.137. The Morgan fingerprint density at radius 1 is 1.17 bits per heavy atom. The molecule has 0 saturated heterocycles. The Hall–Kier alpha value is -2.63. The van der Waals surface area contributed by atoms with Gasteiger partial charge in [-0.05, 0) is 12.1 Å². The number of carbonyl (C=O) groups is 3. The van der Waals surface area contributed by atoms with E-state index in [2.05, 4.69) is 10.6 Å². The van der Waals surface area contributed by atoms with E-state index >= 15 is 0 Å². The van der Waals surface area contributed by atoms with Crippen LogP contribution in [0.3, 0.4) is 0 Å². The lowest BCUT2D eigenvalue weighted by Gasteiger charge is -2.00. The summed E-state index contributed by atoms with van der Waals surface area (Å²) in [4.78, 5) is 32.5. The van der Waals surface area contributed by atoms with Gasteiger partial charge < -0.3 is 16.4 Å². The van der Waals surface area contributed by atoms with Crippen molar-refractivity contribution in [3.63, 3.8) is 0 Å². The molecule has 1 aromatic rings. The van der Waals surface area contributed by atoms with Crippen LogP contribution in [0.1, 0.15) is 0 Å². The van der Waals surface area contributed by atoms with Gasteiger partial charge in [-0.15, -0.1) is 0 Å². The number of anilines is 1. The van der Waals surface area contributed by atoms with Crippen molar-refractivity contribution in [3.8, 4) is 0 Å². The Morgan fingerprint density at radius 2 is 1.83 bits per heavy atom. The molecule has 94 valence electrons. The minimum Gasteiger partial charge on any atom is -0.361 e. The highest BCUT2D eigenvalue weighted by molar-refractivity contribution is 6.34. The van der Waals surface area contributed by atoms with Gasteiger partial charge in [0.05, 0.1) is 0 Å². The van der Waals surface area contributed by atoms with Gasteiger partial charge in [0.1, 0.15) is 0 Å². The van der Waals surface area contributed by atoms with Gasteiger partial charge in [0, 0.05) is 18.3 Å². The molecule has 6 nitrogen and oxygen atoms in total. The highest BCUT2D eigenvalue weighted by Crippen LogP contribution is 2.04. The standard InChI is InChI=1S/C12H13N3O3/c13-11(17)12(18)14-8-4-7-10(16)15-9-5-2-1-3-6-9/h1-7H,8H2,(H2,13,17)(H,14,18)(H,15,16)/b7-4+. The molecule has 0 saturated carbocycles. The van der Waals surface area contributed by atoms with Crippen molar-refractivity contribution in [2.45, 2.75) is 0 Å². The second kappa shape index (κ2) is 6.85. The summed E-state index contributed by atoms with van der Waals surface area (Å²) in [6, 6.07) is 8.94. The van der Waals surface area contributed by atoms with Gasteiger partial charge in [0.25, 0.3) is 0 Å². The van der Waals surface area contributed by atoms with E-state index in [0.717, 1.165) is 0 Å². The Bertz CT molecular complexity index is 469. The normalized spacial score (nSPS) is 10.0. The van der Waals surface area contributed by atoms with Crippen LogP contribution in [0.5, 0.6) is 0 Å². The number of hydrogen-bond acceptors (Lipinski definition) is 3. The summed E-state index contributed by atoms with van der Waals surface area (Å²) in [5.41, 5.74) is 5.40. The first-order chi connectivity index (χ1) is 8.59. The molecule has 0 aliphatic rings. The number of para-hydroxylation sites is 1. The largest absolute Gasteiger partial charge is 0.361 e. The molecule has 0 bridgehead atoms. The summed E-state index contributed by atoms with van der Waals surface area (Å²) in [6.07, 6.45) is 2.67. The molecule has 0 aliphatic heterocycles. The second-order valence-electron chi connectivity index (χ2n) is 3.33. The fourth-order valence-corrected chi connectivity index (χ4v) is 1.11. The van der Waals surface area contributed by atoms with Gasteiger partial charge in [0.15, 0.2) is 0 Å². The minimum absolute atomic E-state index is 0.0595. The molecule has 6 heteroatoms. The van der Waals surface area contributed by atoms with Crippen molar-refractivity contribution in [1.29, 1.82) is 0 Å². The molecule has 0 atom stereocenters. The van der Waals surface area contributed by atoms with Gasteiger partial charge in [-0.3, -0.25) is 14.4 Å². The van der Waals surface area contributed by atoms with Crippen LogP contribution in [-0.2, 0) is 14.4 Å². The van der Waals surface area contributed by atoms with E-state index in [-0.39, 0.29) is 12.5 Å². The Morgan fingerprint density at radius 3 is 2.44 bits per heavy atom. The number of rotatable bonds is 4. The third kappa shape index (κ3) is 4.93. The number of benzene rings is 1. The number of primary amides is 1. The van der Waals surface area contributed by atoms with Crippen LogP contribution >= 0.6 is 0 Å². The monoisotopic (exact) mass is 247 g/mol. The van der Waals surface area contributed by atoms with E-state index in [1.165, 1.54) is 12.2 Å². The molecule has 1 rings (SSSR count). The van der Waals surface area contributed by atoms with E-state index in [4.69, 9.17) is 5.73 Å². The van der Waals surface area contributed by atoms with Crippen LogP contribution in [0.4, 0.5) is 5.69 Å². The molecular weight excluding hydrogens is 234 g/mol. The highest BCUT2D eigenvalue weighted by Gasteiger charge is 2.05. The zero-order valence-electron chi connectivity index (χ0n) is 9.55. The molecule has 18 heavy (non-hydrogen) atoms. The molecule has 1 aromatic carbocycles. The third-order valence-electron chi connectivity index (χ3n) is 1.91. The number of nitrogens with one attached hydrogen (secondary N) is 2. The molecule has 0 aromatic heterocycles. The summed E-state index contributed by atoms with van der Waals surface area (Å²) in [5, 5.41) is 4.84. The van der Waals surface area contributed by atoms with Gasteiger partial charge in [-0.2, -0.15) is 0 Å². The fourth-order valence-electron chi connectivity index (χ4n) is 1.11. The molecule has 4 N–H and O–H groups in total. The fraction of sp³-hybridized carbons (Fsp3) is 0.0833. The molecule has 0 heterocycles. The van der Waals surface area contributed by atoms with Crippen LogP contribution < -0.4 is 16.4 Å². The predicted octanol–water partition coefficient (Wildman–Crippen LogP) is -0.217. The maximum atomic E-state index is 11.4. The van der Waals surface area contributed by atoms with Gasteiger partial charge in [0.2, 0.25) is 5.91 Å². The van der Waals surface area contributed by atoms with Crippen molar-refractivity contribution in [2.75, 3.05) is 11.9 Å². The van der Waals surface area contributed by atoms with Crippen LogP contribution in [-0.4, -0.2) is 24.3 Å². The Balaban J connectivity index is 2.32. The summed E-state index contributed by atoms with van der Waals surface area (Å²) in [7, 11) is 0. The first-order valence-corrected chi connectivity index (χ1v) is 5.20. The zero-order chi connectivity index (χ0) is 13.4. The van der Waals surface area contributed by atoms with Gasteiger partial charge in [-0.25, -0.2) is 0 Å². The summed E-state index contributed by atoms with van der Waals surface area (Å²) >= 11 is 0.